The summed E-state index contributed by atoms with van der Waals surface area (Å²) in [6.07, 6.45) is 0. The van der Waals surface area contributed by atoms with Crippen LogP contribution < -0.4 is 32.2 Å². The molecule has 1 aromatic heterocycles. The summed E-state index contributed by atoms with van der Waals surface area (Å²) >= 11 is 0. The van der Waals surface area contributed by atoms with Crippen LogP contribution in [-0.4, -0.2) is 39.2 Å². The highest BCUT2D eigenvalue weighted by Gasteiger charge is 2.18. The quantitative estimate of drug-likeness (QED) is 0.127. The molecule has 0 N–H and O–H groups in total. The van der Waals surface area contributed by atoms with E-state index in [2.05, 4.69) is 157 Å². The van der Waals surface area contributed by atoms with Crippen molar-refractivity contribution in [2.75, 3.05) is 4.90 Å². The molecule has 0 aliphatic heterocycles. The van der Waals surface area contributed by atoms with Gasteiger partial charge in [0.2, 0.25) is 0 Å². The van der Waals surface area contributed by atoms with E-state index in [1.165, 1.54) is 16.2 Å². The summed E-state index contributed by atoms with van der Waals surface area (Å²) in [5.74, 6) is 0. The Balaban J connectivity index is 1.06. The highest BCUT2D eigenvalue weighted by atomic mass is 16.3. The van der Waals surface area contributed by atoms with E-state index in [1.54, 1.807) is 0 Å². The number of hydrogen-bond donors (Lipinski definition) is 0. The topological polar surface area (TPSA) is 16.4 Å². The molecule has 0 atom stereocenters. The van der Waals surface area contributed by atoms with Gasteiger partial charge >= 0.3 is 0 Å². The van der Waals surface area contributed by atoms with Crippen LogP contribution in [0.15, 0.2) is 174 Å². The molecule has 0 saturated carbocycles. The summed E-state index contributed by atoms with van der Waals surface area (Å²) in [7, 11) is 31.4. The Bertz CT molecular complexity index is 3150. The maximum absolute atomic E-state index is 6.46. The van der Waals surface area contributed by atoms with Crippen molar-refractivity contribution in [3.63, 3.8) is 0 Å². The van der Waals surface area contributed by atoms with Gasteiger partial charge in [0.1, 0.15) is 50.4 Å². The van der Waals surface area contributed by atoms with Crippen LogP contribution in [-0.2, 0) is 0 Å². The lowest BCUT2D eigenvalue weighted by molar-refractivity contribution is 0.670. The van der Waals surface area contributed by atoms with Crippen LogP contribution in [0.25, 0.3) is 76.9 Å². The standard InChI is InChI=1S/C50H28B5NO/c51-45-44(46(52)48(54)49(55)47(45)53)32-17-22-36(23-18-32)56(37-24-25-39-34(27-37)14-13-31-9-4-5-10-38(31)39)35-20-15-29(16-21-35)33-19-26-43-42(28-33)41-12-6-11-40(50(41)57-43)30-7-2-1-3-8-30/h1-28H. The summed E-state index contributed by atoms with van der Waals surface area (Å²) < 4.78 is 6.46. The van der Waals surface area contributed by atoms with Crippen molar-refractivity contribution in [2.45, 2.75) is 0 Å². The predicted molar refractivity (Wildman–Crippen MR) is 247 cm³/mol. The molecule has 0 unspecified atom stereocenters. The van der Waals surface area contributed by atoms with Gasteiger partial charge in [0.15, 0.2) is 0 Å². The van der Waals surface area contributed by atoms with Gasteiger partial charge in [-0.25, -0.2) is 0 Å². The fraction of sp³-hybridized carbons (Fsp3) is 0. The Morgan fingerprint density at radius 2 is 0.930 bits per heavy atom. The molecule has 9 aromatic carbocycles. The number of fused-ring (bicyclic) bond motifs is 6. The van der Waals surface area contributed by atoms with Gasteiger partial charge in [0.05, 0.1) is 0 Å². The van der Waals surface area contributed by atoms with Crippen LogP contribution in [0.4, 0.5) is 17.1 Å². The second-order valence-electron chi connectivity index (χ2n) is 14.4. The van der Waals surface area contributed by atoms with E-state index >= 15 is 0 Å². The fourth-order valence-electron chi connectivity index (χ4n) is 8.15. The summed E-state index contributed by atoms with van der Waals surface area (Å²) in [5.41, 5.74) is 11.7. The zero-order valence-corrected chi connectivity index (χ0v) is 30.9. The van der Waals surface area contributed by atoms with E-state index in [0.29, 0.717) is 16.5 Å². The SMILES string of the molecule is [B]c1c([B])c([B])c(-c2ccc(N(c3ccc(-c4ccc5oc6c(-c7ccccc7)cccc6c5c4)cc3)c3ccc4c(ccc5ccccc54)c3)cc2)c([B])c1[B]. The maximum atomic E-state index is 6.46. The van der Waals surface area contributed by atoms with Crippen LogP contribution in [0.1, 0.15) is 0 Å². The van der Waals surface area contributed by atoms with Gasteiger partial charge in [0.25, 0.3) is 0 Å². The zero-order chi connectivity index (χ0) is 38.8. The number of para-hydroxylation sites is 1. The molecule has 0 saturated heterocycles. The molecule has 254 valence electrons. The Kier molecular flexibility index (Phi) is 8.49. The Hall–Kier alpha value is -6.58. The molecule has 0 aliphatic rings. The van der Waals surface area contributed by atoms with Crippen LogP contribution in [0.3, 0.4) is 0 Å². The minimum absolute atomic E-state index is 0.194. The maximum Gasteiger partial charge on any atom is 0.143 e. The number of anilines is 3. The van der Waals surface area contributed by atoms with Crippen molar-refractivity contribution < 1.29 is 4.42 Å². The molecule has 0 aliphatic carbocycles. The van der Waals surface area contributed by atoms with Crippen LogP contribution in [0.5, 0.6) is 0 Å². The summed E-state index contributed by atoms with van der Waals surface area (Å²) in [4.78, 5) is 2.25. The molecule has 57 heavy (non-hydrogen) atoms. The molecule has 7 heteroatoms. The summed E-state index contributed by atoms with van der Waals surface area (Å²) in [5, 5.41) is 6.95. The first kappa shape index (κ1) is 34.9. The van der Waals surface area contributed by atoms with Crippen molar-refractivity contribution in [3.8, 4) is 33.4 Å². The van der Waals surface area contributed by atoms with Crippen molar-refractivity contribution >= 4 is 127 Å². The second kappa shape index (κ2) is 13.9. The van der Waals surface area contributed by atoms with Gasteiger partial charge in [-0.15, -0.1) is 16.4 Å². The smallest absolute Gasteiger partial charge is 0.143 e. The lowest BCUT2D eigenvalue weighted by Crippen LogP contribution is -2.55. The molecule has 0 spiro atoms. The lowest BCUT2D eigenvalue weighted by Gasteiger charge is -2.27. The van der Waals surface area contributed by atoms with E-state index in [4.69, 9.17) is 43.6 Å². The number of benzene rings is 9. The van der Waals surface area contributed by atoms with Gasteiger partial charge in [-0.1, -0.05) is 132 Å². The highest BCUT2D eigenvalue weighted by molar-refractivity contribution is 6.68. The van der Waals surface area contributed by atoms with E-state index in [-0.39, 0.29) is 16.4 Å². The summed E-state index contributed by atoms with van der Waals surface area (Å²) in [6, 6.07) is 59.3. The molecule has 0 amide bonds. The minimum Gasteiger partial charge on any atom is -0.455 e. The van der Waals surface area contributed by atoms with E-state index < -0.39 is 0 Å². The van der Waals surface area contributed by atoms with Crippen molar-refractivity contribution in [1.29, 1.82) is 0 Å². The normalized spacial score (nSPS) is 11.5. The van der Waals surface area contributed by atoms with Gasteiger partial charge in [-0.05, 0) is 97.9 Å². The largest absolute Gasteiger partial charge is 0.455 e. The first-order chi connectivity index (χ1) is 27.8. The molecule has 10 radical (unpaired) electrons. The zero-order valence-electron chi connectivity index (χ0n) is 30.9. The van der Waals surface area contributed by atoms with Gasteiger partial charge in [0, 0.05) is 33.4 Å². The molecule has 1 heterocycles. The Labute approximate surface area is 338 Å². The van der Waals surface area contributed by atoms with Crippen LogP contribution in [0.2, 0.25) is 0 Å². The van der Waals surface area contributed by atoms with Crippen molar-refractivity contribution in [3.05, 3.63) is 170 Å². The number of furan rings is 1. The third kappa shape index (κ3) is 5.89. The van der Waals surface area contributed by atoms with Gasteiger partial charge < -0.3 is 9.32 Å². The Morgan fingerprint density at radius 3 is 1.67 bits per heavy atom. The fourth-order valence-corrected chi connectivity index (χ4v) is 8.15. The molecule has 0 bridgehead atoms. The predicted octanol–water partition coefficient (Wildman–Crippen LogP) is 8.33. The average Bonchev–Trinajstić information content (AvgIpc) is 3.64. The average molecular weight is 713 g/mol. The number of nitrogens with zero attached hydrogens (tertiary/aromatic N) is 1. The first-order valence-electron chi connectivity index (χ1n) is 18.8. The first-order valence-corrected chi connectivity index (χ1v) is 18.8. The molecular weight excluding hydrogens is 685 g/mol. The van der Waals surface area contributed by atoms with E-state index in [9.17, 15) is 0 Å². The molecule has 0 fully saturated rings. The highest BCUT2D eigenvalue weighted by Crippen LogP contribution is 2.41. The third-order valence-corrected chi connectivity index (χ3v) is 11.1. The summed E-state index contributed by atoms with van der Waals surface area (Å²) in [6.45, 7) is 0. The van der Waals surface area contributed by atoms with Crippen LogP contribution >= 0.6 is 0 Å². The van der Waals surface area contributed by atoms with E-state index in [0.717, 1.165) is 72.2 Å². The molecule has 2 nitrogen and oxygen atoms in total. The number of hydrogen-bond acceptors (Lipinski definition) is 2. The van der Waals surface area contributed by atoms with E-state index in [1.807, 2.05) is 18.2 Å². The minimum atomic E-state index is 0.194. The van der Waals surface area contributed by atoms with Crippen LogP contribution in [0, 0.1) is 0 Å². The number of rotatable bonds is 6. The third-order valence-electron chi connectivity index (χ3n) is 11.1. The van der Waals surface area contributed by atoms with Crippen molar-refractivity contribution in [1.82, 2.24) is 0 Å². The van der Waals surface area contributed by atoms with Gasteiger partial charge in [-0.2, -0.15) is 0 Å². The molecule has 10 rings (SSSR count). The Morgan fingerprint density at radius 1 is 0.351 bits per heavy atom. The lowest BCUT2D eigenvalue weighted by atomic mass is 9.60. The van der Waals surface area contributed by atoms with Crippen molar-refractivity contribution in [2.24, 2.45) is 0 Å². The monoisotopic (exact) mass is 713 g/mol. The molecular formula is C50H28B5NO. The second-order valence-corrected chi connectivity index (χ2v) is 14.4. The molecule has 10 aromatic rings. The van der Waals surface area contributed by atoms with Gasteiger partial charge in [-0.3, -0.25) is 0 Å².